The summed E-state index contributed by atoms with van der Waals surface area (Å²) in [5.41, 5.74) is 7.40. The molecule has 0 bridgehead atoms. The standard InChI is InChI=1S/C26H22FN3O2/c1-16-3-5-18(6-4-16)14-30-26(19-7-10-21(27)11-8-19)25(17(2)29-30)20-9-12-23-22(13-20)28-24(31)15-32-23/h3-13H,14-15H2,1-2H3,(H,28,31). The van der Waals surface area contributed by atoms with E-state index in [1.165, 1.54) is 17.7 Å². The van der Waals surface area contributed by atoms with Crippen LogP contribution in [0.5, 0.6) is 5.75 Å². The zero-order chi connectivity index (χ0) is 22.2. The quantitative estimate of drug-likeness (QED) is 0.478. The van der Waals surface area contributed by atoms with E-state index in [1.54, 1.807) is 12.1 Å². The van der Waals surface area contributed by atoms with Crippen molar-refractivity contribution in [3.63, 3.8) is 0 Å². The molecule has 5 rings (SSSR count). The minimum Gasteiger partial charge on any atom is -0.482 e. The van der Waals surface area contributed by atoms with Crippen molar-refractivity contribution in [2.75, 3.05) is 11.9 Å². The molecule has 1 aliphatic rings. The molecule has 1 aliphatic heterocycles. The van der Waals surface area contributed by atoms with Gasteiger partial charge in [-0.1, -0.05) is 35.9 Å². The van der Waals surface area contributed by atoms with E-state index in [1.807, 2.05) is 29.8 Å². The van der Waals surface area contributed by atoms with Gasteiger partial charge in [-0.3, -0.25) is 9.48 Å². The first-order valence-corrected chi connectivity index (χ1v) is 10.4. The lowest BCUT2D eigenvalue weighted by molar-refractivity contribution is -0.118. The zero-order valence-electron chi connectivity index (χ0n) is 17.9. The van der Waals surface area contributed by atoms with Crippen molar-refractivity contribution in [2.24, 2.45) is 0 Å². The number of aryl methyl sites for hydroxylation is 2. The Morgan fingerprint density at radius 3 is 2.47 bits per heavy atom. The highest BCUT2D eigenvalue weighted by Gasteiger charge is 2.22. The second kappa shape index (κ2) is 7.96. The van der Waals surface area contributed by atoms with Crippen LogP contribution in [0.25, 0.3) is 22.4 Å². The van der Waals surface area contributed by atoms with E-state index in [0.29, 0.717) is 18.0 Å². The Kier molecular flexibility index (Phi) is 4.98. The Labute approximate surface area is 185 Å². The van der Waals surface area contributed by atoms with Crippen molar-refractivity contribution in [3.8, 4) is 28.1 Å². The first-order valence-electron chi connectivity index (χ1n) is 10.4. The van der Waals surface area contributed by atoms with Crippen LogP contribution in [0, 0.1) is 19.7 Å². The second-order valence-electron chi connectivity index (χ2n) is 8.01. The van der Waals surface area contributed by atoms with Crippen molar-refractivity contribution in [3.05, 3.63) is 89.4 Å². The number of aromatic nitrogens is 2. The molecule has 0 radical (unpaired) electrons. The summed E-state index contributed by atoms with van der Waals surface area (Å²) >= 11 is 0. The summed E-state index contributed by atoms with van der Waals surface area (Å²) in [6.07, 6.45) is 0. The van der Waals surface area contributed by atoms with E-state index in [-0.39, 0.29) is 18.3 Å². The van der Waals surface area contributed by atoms with Crippen LogP contribution in [0.1, 0.15) is 16.8 Å². The van der Waals surface area contributed by atoms with Crippen LogP contribution in [-0.4, -0.2) is 22.3 Å². The van der Waals surface area contributed by atoms with Gasteiger partial charge in [0.05, 0.1) is 23.6 Å². The molecule has 32 heavy (non-hydrogen) atoms. The average molecular weight is 427 g/mol. The number of amides is 1. The number of rotatable bonds is 4. The molecule has 0 unspecified atom stereocenters. The largest absolute Gasteiger partial charge is 0.482 e. The summed E-state index contributed by atoms with van der Waals surface area (Å²) in [6, 6.07) is 20.5. The number of benzene rings is 3. The number of nitrogens with one attached hydrogen (secondary N) is 1. The number of halogens is 1. The van der Waals surface area contributed by atoms with E-state index < -0.39 is 0 Å². The number of fused-ring (bicyclic) bond motifs is 1. The Bertz CT molecular complexity index is 1310. The number of hydrogen-bond donors (Lipinski definition) is 1. The lowest BCUT2D eigenvalue weighted by Gasteiger charge is -2.19. The van der Waals surface area contributed by atoms with Crippen LogP contribution in [-0.2, 0) is 11.3 Å². The van der Waals surface area contributed by atoms with Gasteiger partial charge in [0.25, 0.3) is 5.91 Å². The van der Waals surface area contributed by atoms with Crippen LogP contribution in [0.2, 0.25) is 0 Å². The number of anilines is 1. The monoisotopic (exact) mass is 427 g/mol. The smallest absolute Gasteiger partial charge is 0.262 e. The number of carbonyl (C=O) groups excluding carboxylic acids is 1. The predicted octanol–water partition coefficient (Wildman–Crippen LogP) is 5.35. The Morgan fingerprint density at radius 2 is 1.72 bits per heavy atom. The highest BCUT2D eigenvalue weighted by Crippen LogP contribution is 2.39. The molecule has 0 fully saturated rings. The minimum atomic E-state index is -0.287. The number of nitrogens with zero attached hydrogens (tertiary/aromatic N) is 2. The van der Waals surface area contributed by atoms with Gasteiger partial charge >= 0.3 is 0 Å². The third-order valence-electron chi connectivity index (χ3n) is 5.60. The fourth-order valence-electron chi connectivity index (χ4n) is 4.05. The van der Waals surface area contributed by atoms with Crippen LogP contribution in [0.4, 0.5) is 10.1 Å². The van der Waals surface area contributed by atoms with Gasteiger partial charge in [-0.05, 0) is 61.4 Å². The molecule has 0 aliphatic carbocycles. The molecular weight excluding hydrogens is 405 g/mol. The van der Waals surface area contributed by atoms with Gasteiger partial charge in [-0.15, -0.1) is 0 Å². The molecule has 1 N–H and O–H groups in total. The van der Waals surface area contributed by atoms with Crippen LogP contribution in [0.3, 0.4) is 0 Å². The van der Waals surface area contributed by atoms with Gasteiger partial charge in [0, 0.05) is 11.1 Å². The van der Waals surface area contributed by atoms with Crippen LogP contribution in [0.15, 0.2) is 66.7 Å². The molecule has 0 atom stereocenters. The Balaban J connectivity index is 1.66. The molecule has 6 heteroatoms. The molecule has 1 aromatic heterocycles. The van der Waals surface area contributed by atoms with Gasteiger partial charge in [-0.25, -0.2) is 4.39 Å². The summed E-state index contributed by atoms with van der Waals surface area (Å²) in [5.74, 6) is 0.173. The number of ether oxygens (including phenoxy) is 1. The summed E-state index contributed by atoms with van der Waals surface area (Å²) in [6.45, 7) is 4.62. The summed E-state index contributed by atoms with van der Waals surface area (Å²) in [5, 5.41) is 7.70. The zero-order valence-corrected chi connectivity index (χ0v) is 17.9. The molecule has 0 saturated carbocycles. The third kappa shape index (κ3) is 3.75. The SMILES string of the molecule is Cc1ccc(Cn2nc(C)c(-c3ccc4c(c3)NC(=O)CO4)c2-c2ccc(F)cc2)cc1. The molecule has 2 heterocycles. The predicted molar refractivity (Wildman–Crippen MR) is 122 cm³/mol. The van der Waals surface area contributed by atoms with E-state index in [9.17, 15) is 9.18 Å². The van der Waals surface area contributed by atoms with Gasteiger partial charge in [-0.2, -0.15) is 5.10 Å². The maximum Gasteiger partial charge on any atom is 0.262 e. The number of hydrogen-bond acceptors (Lipinski definition) is 3. The maximum absolute atomic E-state index is 13.7. The Morgan fingerprint density at radius 1 is 1.00 bits per heavy atom. The first kappa shape index (κ1) is 20.0. The van der Waals surface area contributed by atoms with Crippen molar-refractivity contribution in [2.45, 2.75) is 20.4 Å². The van der Waals surface area contributed by atoms with Gasteiger partial charge in [0.15, 0.2) is 6.61 Å². The summed E-state index contributed by atoms with van der Waals surface area (Å²) < 4.78 is 21.1. The molecule has 4 aromatic rings. The maximum atomic E-state index is 13.7. The van der Waals surface area contributed by atoms with E-state index in [2.05, 4.69) is 36.5 Å². The molecule has 160 valence electrons. The minimum absolute atomic E-state index is 0.0146. The molecule has 5 nitrogen and oxygen atoms in total. The van der Waals surface area contributed by atoms with Gasteiger partial charge in [0.1, 0.15) is 11.6 Å². The van der Waals surface area contributed by atoms with E-state index in [4.69, 9.17) is 9.84 Å². The van der Waals surface area contributed by atoms with E-state index >= 15 is 0 Å². The topological polar surface area (TPSA) is 56.2 Å². The molecule has 3 aromatic carbocycles. The molecule has 0 spiro atoms. The van der Waals surface area contributed by atoms with Gasteiger partial charge < -0.3 is 10.1 Å². The lowest BCUT2D eigenvalue weighted by atomic mass is 9.98. The fraction of sp³-hybridized carbons (Fsp3) is 0.154. The molecule has 0 saturated heterocycles. The third-order valence-corrected chi connectivity index (χ3v) is 5.60. The highest BCUT2D eigenvalue weighted by molar-refractivity contribution is 5.97. The van der Waals surface area contributed by atoms with Crippen molar-refractivity contribution >= 4 is 11.6 Å². The Hall–Kier alpha value is -3.93. The first-order chi connectivity index (χ1) is 15.5. The van der Waals surface area contributed by atoms with Crippen LogP contribution < -0.4 is 10.1 Å². The lowest BCUT2D eigenvalue weighted by Crippen LogP contribution is -2.25. The molecular formula is C26H22FN3O2. The average Bonchev–Trinajstić information content (AvgIpc) is 3.11. The van der Waals surface area contributed by atoms with Crippen molar-refractivity contribution in [1.29, 1.82) is 0 Å². The van der Waals surface area contributed by atoms with Crippen molar-refractivity contribution in [1.82, 2.24) is 9.78 Å². The van der Waals surface area contributed by atoms with E-state index in [0.717, 1.165) is 33.6 Å². The highest BCUT2D eigenvalue weighted by atomic mass is 19.1. The van der Waals surface area contributed by atoms with Crippen LogP contribution >= 0.6 is 0 Å². The van der Waals surface area contributed by atoms with Crippen molar-refractivity contribution < 1.29 is 13.9 Å². The normalized spacial score (nSPS) is 12.8. The summed E-state index contributed by atoms with van der Waals surface area (Å²) in [4.78, 5) is 11.8. The fourth-order valence-corrected chi connectivity index (χ4v) is 4.05. The molecule has 1 amide bonds. The second-order valence-corrected chi connectivity index (χ2v) is 8.01. The van der Waals surface area contributed by atoms with Gasteiger partial charge in [0.2, 0.25) is 0 Å². The number of carbonyl (C=O) groups is 1. The summed E-state index contributed by atoms with van der Waals surface area (Å²) in [7, 11) is 0.